The fourth-order valence-electron chi connectivity index (χ4n) is 2.88. The standard InChI is InChI=1S/C17H20N4O/c1-3-4-13(11(2)22)15-10-16-17(21-20-15)9-14(19-16)12-5-7-18-8-6-12/h3-4,9-10,12,18-19,22H,1-2,5-8H2/b13-4+. The van der Waals surface area contributed by atoms with E-state index in [1.807, 2.05) is 6.07 Å². The van der Waals surface area contributed by atoms with Crippen LogP contribution in [0.4, 0.5) is 0 Å². The molecule has 0 atom stereocenters. The molecule has 3 rings (SSSR count). The number of hydrogen-bond donors (Lipinski definition) is 3. The van der Waals surface area contributed by atoms with Crippen molar-refractivity contribution in [2.75, 3.05) is 13.1 Å². The Kier molecular flexibility index (Phi) is 4.06. The Labute approximate surface area is 129 Å². The Morgan fingerprint density at radius 3 is 2.73 bits per heavy atom. The molecule has 0 unspecified atom stereocenters. The van der Waals surface area contributed by atoms with E-state index in [4.69, 9.17) is 0 Å². The summed E-state index contributed by atoms with van der Waals surface area (Å²) < 4.78 is 0. The molecule has 2 aromatic heterocycles. The molecule has 1 saturated heterocycles. The maximum absolute atomic E-state index is 9.68. The molecule has 0 aromatic carbocycles. The SMILES string of the molecule is C=C/C=C(\C(=C)O)c1cc2[nH]c(C3CCNCC3)cc2nn1. The lowest BCUT2D eigenvalue weighted by Crippen LogP contribution is -2.26. The van der Waals surface area contributed by atoms with Crippen LogP contribution in [-0.2, 0) is 0 Å². The minimum Gasteiger partial charge on any atom is -0.508 e. The van der Waals surface area contributed by atoms with Gasteiger partial charge in [0.25, 0.3) is 0 Å². The van der Waals surface area contributed by atoms with E-state index in [1.165, 1.54) is 5.69 Å². The second-order valence-corrected chi connectivity index (χ2v) is 5.54. The van der Waals surface area contributed by atoms with Crippen molar-refractivity contribution in [3.05, 3.63) is 54.6 Å². The van der Waals surface area contributed by atoms with Crippen molar-refractivity contribution in [3.63, 3.8) is 0 Å². The van der Waals surface area contributed by atoms with Crippen LogP contribution in [0.25, 0.3) is 16.6 Å². The topological polar surface area (TPSA) is 73.8 Å². The van der Waals surface area contributed by atoms with E-state index >= 15 is 0 Å². The first-order valence-electron chi connectivity index (χ1n) is 7.47. The monoisotopic (exact) mass is 296 g/mol. The van der Waals surface area contributed by atoms with Crippen molar-refractivity contribution in [2.24, 2.45) is 0 Å². The van der Waals surface area contributed by atoms with Crippen LogP contribution in [0.2, 0.25) is 0 Å². The summed E-state index contributed by atoms with van der Waals surface area (Å²) in [6, 6.07) is 3.97. The molecule has 22 heavy (non-hydrogen) atoms. The minimum absolute atomic E-state index is 0.0429. The lowest BCUT2D eigenvalue weighted by atomic mass is 9.95. The van der Waals surface area contributed by atoms with Gasteiger partial charge in [-0.3, -0.25) is 0 Å². The van der Waals surface area contributed by atoms with Crippen molar-refractivity contribution in [2.45, 2.75) is 18.8 Å². The third-order valence-electron chi connectivity index (χ3n) is 4.04. The van der Waals surface area contributed by atoms with Crippen LogP contribution in [0.5, 0.6) is 0 Å². The maximum Gasteiger partial charge on any atom is 0.117 e. The van der Waals surface area contributed by atoms with Gasteiger partial charge in [0, 0.05) is 17.2 Å². The Morgan fingerprint density at radius 2 is 2.05 bits per heavy atom. The summed E-state index contributed by atoms with van der Waals surface area (Å²) >= 11 is 0. The molecule has 0 spiro atoms. The molecule has 0 amide bonds. The number of hydrogen-bond acceptors (Lipinski definition) is 4. The number of rotatable bonds is 4. The lowest BCUT2D eigenvalue weighted by Gasteiger charge is -2.21. The normalized spacial score (nSPS) is 16.8. The average Bonchev–Trinajstić information content (AvgIpc) is 2.96. The van der Waals surface area contributed by atoms with Crippen molar-refractivity contribution in [3.8, 4) is 0 Å². The van der Waals surface area contributed by atoms with Crippen LogP contribution in [0.15, 0.2) is 43.2 Å². The average molecular weight is 296 g/mol. The molecule has 1 aliphatic rings. The van der Waals surface area contributed by atoms with Gasteiger partial charge >= 0.3 is 0 Å². The van der Waals surface area contributed by atoms with Crippen molar-refractivity contribution in [1.29, 1.82) is 0 Å². The number of aliphatic hydroxyl groups excluding tert-OH is 1. The second kappa shape index (κ2) is 6.15. The zero-order valence-corrected chi connectivity index (χ0v) is 12.5. The van der Waals surface area contributed by atoms with Gasteiger partial charge in [-0.2, -0.15) is 0 Å². The van der Waals surface area contributed by atoms with Gasteiger partial charge in [-0.1, -0.05) is 19.2 Å². The highest BCUT2D eigenvalue weighted by atomic mass is 16.3. The van der Waals surface area contributed by atoms with Crippen LogP contribution in [0, 0.1) is 0 Å². The van der Waals surface area contributed by atoms with Gasteiger partial charge in [0.1, 0.15) is 11.3 Å². The van der Waals surface area contributed by atoms with E-state index in [-0.39, 0.29) is 5.76 Å². The van der Waals surface area contributed by atoms with Gasteiger partial charge in [0.05, 0.1) is 11.2 Å². The molecule has 114 valence electrons. The molecule has 0 saturated carbocycles. The number of aliphatic hydroxyl groups is 1. The summed E-state index contributed by atoms with van der Waals surface area (Å²) in [5.41, 5.74) is 4.09. The van der Waals surface area contributed by atoms with Gasteiger partial charge < -0.3 is 15.4 Å². The number of allylic oxidation sites excluding steroid dienone is 3. The van der Waals surface area contributed by atoms with E-state index < -0.39 is 0 Å². The Hall–Kier alpha value is -2.40. The fraction of sp³-hybridized carbons (Fsp3) is 0.294. The van der Waals surface area contributed by atoms with Crippen molar-refractivity contribution >= 4 is 16.6 Å². The predicted molar refractivity (Wildman–Crippen MR) is 88.7 cm³/mol. The van der Waals surface area contributed by atoms with E-state index in [9.17, 15) is 5.11 Å². The van der Waals surface area contributed by atoms with E-state index in [1.54, 1.807) is 12.2 Å². The smallest absolute Gasteiger partial charge is 0.117 e. The number of nitrogens with one attached hydrogen (secondary N) is 2. The fourth-order valence-corrected chi connectivity index (χ4v) is 2.88. The molecule has 1 aliphatic heterocycles. The summed E-state index contributed by atoms with van der Waals surface area (Å²) in [6.45, 7) is 9.31. The van der Waals surface area contributed by atoms with E-state index in [2.05, 4.69) is 39.7 Å². The Bertz CT molecular complexity index is 738. The summed E-state index contributed by atoms with van der Waals surface area (Å²) in [6.07, 6.45) is 5.52. The van der Waals surface area contributed by atoms with Gasteiger partial charge in [-0.05, 0) is 44.1 Å². The highest BCUT2D eigenvalue weighted by molar-refractivity contribution is 5.82. The molecule has 2 aromatic rings. The van der Waals surface area contributed by atoms with Crippen molar-refractivity contribution < 1.29 is 5.11 Å². The van der Waals surface area contributed by atoms with E-state index in [0.29, 0.717) is 17.2 Å². The number of piperidine rings is 1. The first kappa shape index (κ1) is 14.5. The molecule has 5 nitrogen and oxygen atoms in total. The summed E-state index contributed by atoms with van der Waals surface area (Å²) in [4.78, 5) is 3.45. The number of nitrogens with zero attached hydrogens (tertiary/aromatic N) is 2. The highest BCUT2D eigenvalue weighted by Crippen LogP contribution is 2.28. The third kappa shape index (κ3) is 2.80. The number of H-pyrrole nitrogens is 1. The Balaban J connectivity index is 1.97. The molecule has 1 fully saturated rings. The Morgan fingerprint density at radius 1 is 1.27 bits per heavy atom. The maximum atomic E-state index is 9.68. The number of fused-ring (bicyclic) bond motifs is 1. The van der Waals surface area contributed by atoms with Crippen LogP contribution >= 0.6 is 0 Å². The lowest BCUT2D eigenvalue weighted by molar-refractivity contribution is 0.440. The van der Waals surface area contributed by atoms with Gasteiger partial charge in [0.15, 0.2) is 0 Å². The first-order valence-corrected chi connectivity index (χ1v) is 7.47. The summed E-state index contributed by atoms with van der Waals surface area (Å²) in [5, 5.41) is 21.5. The number of aromatic nitrogens is 3. The van der Waals surface area contributed by atoms with Crippen LogP contribution in [0.1, 0.15) is 30.1 Å². The van der Waals surface area contributed by atoms with Crippen LogP contribution < -0.4 is 5.32 Å². The number of aromatic amines is 1. The van der Waals surface area contributed by atoms with E-state index in [0.717, 1.165) is 37.0 Å². The van der Waals surface area contributed by atoms with Gasteiger partial charge in [-0.25, -0.2) is 0 Å². The highest BCUT2D eigenvalue weighted by Gasteiger charge is 2.18. The zero-order valence-electron chi connectivity index (χ0n) is 12.5. The predicted octanol–water partition coefficient (Wildman–Crippen LogP) is 3.07. The molecule has 3 heterocycles. The quantitative estimate of drug-likeness (QED) is 0.599. The molecular formula is C17H20N4O. The molecule has 0 bridgehead atoms. The van der Waals surface area contributed by atoms with Crippen LogP contribution in [0.3, 0.4) is 0 Å². The summed E-state index contributed by atoms with van der Waals surface area (Å²) in [7, 11) is 0. The molecule has 3 N–H and O–H groups in total. The third-order valence-corrected chi connectivity index (χ3v) is 4.04. The first-order chi connectivity index (χ1) is 10.7. The molecular weight excluding hydrogens is 276 g/mol. The van der Waals surface area contributed by atoms with Crippen LogP contribution in [-0.4, -0.2) is 33.4 Å². The molecule has 0 radical (unpaired) electrons. The van der Waals surface area contributed by atoms with Gasteiger partial charge in [0.2, 0.25) is 0 Å². The zero-order chi connectivity index (χ0) is 15.5. The minimum atomic E-state index is -0.0429. The summed E-state index contributed by atoms with van der Waals surface area (Å²) in [5.74, 6) is 0.494. The second-order valence-electron chi connectivity index (χ2n) is 5.54. The largest absolute Gasteiger partial charge is 0.508 e. The molecule has 0 aliphatic carbocycles. The van der Waals surface area contributed by atoms with Gasteiger partial charge in [-0.15, -0.1) is 10.2 Å². The molecule has 5 heteroatoms. The van der Waals surface area contributed by atoms with Crippen molar-refractivity contribution in [1.82, 2.24) is 20.5 Å².